The van der Waals surface area contributed by atoms with Crippen molar-refractivity contribution >= 4 is 50.4 Å². The molecule has 0 unspecified atom stereocenters. The molecule has 0 aliphatic carbocycles. The van der Waals surface area contributed by atoms with Crippen molar-refractivity contribution in [1.29, 1.82) is 0 Å². The van der Waals surface area contributed by atoms with Gasteiger partial charge in [-0.05, 0) is 54.1 Å². The van der Waals surface area contributed by atoms with E-state index in [1.807, 2.05) is 12.3 Å². The zero-order valence-corrected chi connectivity index (χ0v) is 18.2. The summed E-state index contributed by atoms with van der Waals surface area (Å²) in [4.78, 5) is 16.2. The number of hydrogen-bond donors (Lipinski definition) is 1. The van der Waals surface area contributed by atoms with Crippen LogP contribution in [0.5, 0.6) is 5.75 Å². The Morgan fingerprint density at radius 3 is 2.55 bits per heavy atom. The lowest BCUT2D eigenvalue weighted by atomic mass is 10.3. The first-order chi connectivity index (χ1) is 13.9. The zero-order valence-electron chi connectivity index (χ0n) is 15.7. The molecule has 3 aromatic rings. The summed E-state index contributed by atoms with van der Waals surface area (Å²) in [5.41, 5.74) is 1.09. The summed E-state index contributed by atoms with van der Waals surface area (Å²) >= 11 is 2.68. The molecule has 0 bridgehead atoms. The van der Waals surface area contributed by atoms with Crippen molar-refractivity contribution in [3.8, 4) is 5.75 Å². The second-order valence-corrected chi connectivity index (χ2v) is 9.79. The largest absolute Gasteiger partial charge is 0.484 e. The number of pyridine rings is 1. The second kappa shape index (κ2) is 9.29. The van der Waals surface area contributed by atoms with Crippen LogP contribution in [0.15, 0.2) is 69.3 Å². The Morgan fingerprint density at radius 1 is 1.21 bits per heavy atom. The van der Waals surface area contributed by atoms with Gasteiger partial charge in [0.15, 0.2) is 6.61 Å². The van der Waals surface area contributed by atoms with Crippen LogP contribution in [0.25, 0.3) is 0 Å². The van der Waals surface area contributed by atoms with E-state index in [1.54, 1.807) is 54.0 Å². The molecule has 29 heavy (non-hydrogen) atoms. The Kier molecular flexibility index (Phi) is 6.78. The average molecular weight is 450 g/mol. The normalized spacial score (nSPS) is 11.1. The summed E-state index contributed by atoms with van der Waals surface area (Å²) < 4.78 is 32.1. The molecule has 1 aromatic carbocycles. The molecule has 0 aliphatic heterocycles. The van der Waals surface area contributed by atoms with Gasteiger partial charge in [-0.25, -0.2) is 13.4 Å². The van der Waals surface area contributed by atoms with Gasteiger partial charge in [0.2, 0.25) is 0 Å². The summed E-state index contributed by atoms with van der Waals surface area (Å²) in [6, 6.07) is 13.4. The molecule has 10 heteroatoms. The Hall–Kier alpha value is -2.56. The summed E-state index contributed by atoms with van der Waals surface area (Å²) in [6.07, 6.45) is 3.51. The molecule has 0 spiro atoms. The quantitative estimate of drug-likeness (QED) is 0.528. The number of carbonyl (C=O) groups excluding carboxylic acids is 1. The number of thioether (sulfide) groups is 1. The van der Waals surface area contributed by atoms with Gasteiger partial charge in [0.1, 0.15) is 9.96 Å². The van der Waals surface area contributed by atoms with Gasteiger partial charge >= 0.3 is 0 Å². The van der Waals surface area contributed by atoms with Crippen molar-refractivity contribution < 1.29 is 17.9 Å². The molecule has 0 saturated heterocycles. The molecule has 0 atom stereocenters. The number of thiophene rings is 1. The van der Waals surface area contributed by atoms with Crippen LogP contribution in [0.1, 0.15) is 0 Å². The first-order valence-corrected chi connectivity index (χ1v) is 12.0. The van der Waals surface area contributed by atoms with Crippen LogP contribution in [0.3, 0.4) is 0 Å². The van der Waals surface area contributed by atoms with Gasteiger partial charge in [-0.1, -0.05) is 6.07 Å². The first-order valence-electron chi connectivity index (χ1n) is 8.45. The van der Waals surface area contributed by atoms with Crippen molar-refractivity contribution in [2.75, 3.05) is 29.5 Å². The number of nitrogens with one attached hydrogen (secondary N) is 1. The lowest BCUT2D eigenvalue weighted by molar-refractivity contribution is -0.118. The Bertz CT molecular complexity index is 1050. The highest BCUT2D eigenvalue weighted by Crippen LogP contribution is 2.26. The number of benzene rings is 1. The number of aromatic nitrogens is 1. The summed E-state index contributed by atoms with van der Waals surface area (Å²) in [7, 11) is -2.09. The molecule has 2 aromatic heterocycles. The van der Waals surface area contributed by atoms with E-state index in [0.29, 0.717) is 17.1 Å². The summed E-state index contributed by atoms with van der Waals surface area (Å²) in [5.74, 6) is 0.145. The fourth-order valence-corrected chi connectivity index (χ4v) is 5.08. The predicted molar refractivity (Wildman–Crippen MR) is 116 cm³/mol. The number of nitrogens with zero attached hydrogens (tertiary/aromatic N) is 2. The number of sulfonamides is 1. The van der Waals surface area contributed by atoms with Gasteiger partial charge in [0.25, 0.3) is 15.9 Å². The van der Waals surface area contributed by atoms with Crippen LogP contribution in [0, 0.1) is 0 Å². The Morgan fingerprint density at radius 2 is 1.97 bits per heavy atom. The number of rotatable bonds is 8. The van der Waals surface area contributed by atoms with E-state index in [2.05, 4.69) is 10.3 Å². The van der Waals surface area contributed by atoms with Crippen molar-refractivity contribution in [2.45, 2.75) is 9.24 Å². The lowest BCUT2D eigenvalue weighted by Gasteiger charge is -2.18. The topological polar surface area (TPSA) is 88.6 Å². The molecule has 1 amide bonds. The SMILES string of the molecule is CSc1ccc(NC(=O)COc2ccc(N(C)S(=O)(=O)c3cccs3)cc2)cn1. The van der Waals surface area contributed by atoms with E-state index < -0.39 is 10.0 Å². The minimum atomic E-state index is -3.59. The van der Waals surface area contributed by atoms with Gasteiger partial charge < -0.3 is 10.1 Å². The lowest BCUT2D eigenvalue weighted by Crippen LogP contribution is -2.25. The highest BCUT2D eigenvalue weighted by molar-refractivity contribution is 7.98. The molecule has 0 fully saturated rings. The minimum Gasteiger partial charge on any atom is -0.484 e. The monoisotopic (exact) mass is 449 g/mol. The molecule has 2 heterocycles. The number of ether oxygens (including phenoxy) is 1. The van der Waals surface area contributed by atoms with Crippen LogP contribution >= 0.6 is 23.1 Å². The maximum atomic E-state index is 12.6. The van der Waals surface area contributed by atoms with Crippen LogP contribution in [0.2, 0.25) is 0 Å². The van der Waals surface area contributed by atoms with Crippen LogP contribution in [-0.4, -0.2) is 39.2 Å². The Balaban J connectivity index is 1.56. The van der Waals surface area contributed by atoms with Gasteiger partial charge in [0.05, 0.1) is 22.6 Å². The maximum absolute atomic E-state index is 12.6. The van der Waals surface area contributed by atoms with Gasteiger partial charge in [0, 0.05) is 7.05 Å². The van der Waals surface area contributed by atoms with Gasteiger partial charge in [-0.15, -0.1) is 23.1 Å². The molecule has 0 saturated carbocycles. The highest BCUT2D eigenvalue weighted by atomic mass is 32.2. The molecule has 0 aliphatic rings. The molecule has 7 nitrogen and oxygen atoms in total. The molecule has 1 N–H and O–H groups in total. The van der Waals surface area contributed by atoms with E-state index in [9.17, 15) is 13.2 Å². The van der Waals surface area contributed by atoms with Crippen LogP contribution in [0.4, 0.5) is 11.4 Å². The fraction of sp³-hybridized carbons (Fsp3) is 0.158. The summed E-state index contributed by atoms with van der Waals surface area (Å²) in [5, 5.41) is 5.29. The van der Waals surface area contributed by atoms with E-state index in [4.69, 9.17) is 4.74 Å². The zero-order chi connectivity index (χ0) is 20.9. The van der Waals surface area contributed by atoms with Gasteiger partial charge in [-0.3, -0.25) is 9.10 Å². The van der Waals surface area contributed by atoms with Crippen molar-refractivity contribution in [3.63, 3.8) is 0 Å². The standard InChI is InChI=1S/C19H19N3O4S3/c1-22(29(24,25)19-4-3-11-28-19)15-6-8-16(9-7-15)26-13-17(23)21-14-5-10-18(27-2)20-12-14/h3-12H,13H2,1-2H3,(H,21,23). The number of amides is 1. The fourth-order valence-electron chi connectivity index (χ4n) is 2.36. The summed E-state index contributed by atoms with van der Waals surface area (Å²) in [6.45, 7) is -0.174. The average Bonchev–Trinajstić information content (AvgIpc) is 3.28. The van der Waals surface area contributed by atoms with E-state index >= 15 is 0 Å². The molecule has 0 radical (unpaired) electrons. The Labute approximate surface area is 177 Å². The predicted octanol–water partition coefficient (Wildman–Crippen LogP) is 3.71. The van der Waals surface area contributed by atoms with E-state index in [-0.39, 0.29) is 16.7 Å². The maximum Gasteiger partial charge on any atom is 0.273 e. The number of carbonyl (C=O) groups is 1. The van der Waals surface area contributed by atoms with Crippen molar-refractivity contribution in [3.05, 3.63) is 60.1 Å². The molecule has 3 rings (SSSR count). The highest BCUT2D eigenvalue weighted by Gasteiger charge is 2.22. The van der Waals surface area contributed by atoms with Crippen LogP contribution < -0.4 is 14.4 Å². The number of anilines is 2. The van der Waals surface area contributed by atoms with E-state index in [1.165, 1.54) is 34.5 Å². The first kappa shape index (κ1) is 21.2. The third-order valence-electron chi connectivity index (χ3n) is 3.91. The minimum absolute atomic E-state index is 0.174. The molecular weight excluding hydrogens is 430 g/mol. The third-order valence-corrected chi connectivity index (χ3v) is 7.73. The van der Waals surface area contributed by atoms with Crippen LogP contribution in [-0.2, 0) is 14.8 Å². The van der Waals surface area contributed by atoms with Crippen molar-refractivity contribution in [2.24, 2.45) is 0 Å². The second-order valence-electron chi connectivity index (χ2n) is 5.82. The van der Waals surface area contributed by atoms with E-state index in [0.717, 1.165) is 5.03 Å². The van der Waals surface area contributed by atoms with Crippen molar-refractivity contribution in [1.82, 2.24) is 4.98 Å². The molecular formula is C19H19N3O4S3. The molecule has 152 valence electrons. The van der Waals surface area contributed by atoms with Gasteiger partial charge in [-0.2, -0.15) is 0 Å². The smallest absolute Gasteiger partial charge is 0.273 e. The number of hydrogen-bond acceptors (Lipinski definition) is 7. The third kappa shape index (κ3) is 5.28.